The van der Waals surface area contributed by atoms with Gasteiger partial charge in [0.15, 0.2) is 8.32 Å². The van der Waals surface area contributed by atoms with Gasteiger partial charge in [-0.2, -0.15) is 13.2 Å². The molecule has 3 N–H and O–H groups in total. The minimum absolute atomic E-state index is 0.0636. The number of piperidine rings is 1. The number of aromatic nitrogens is 2. The molecule has 1 aromatic heterocycles. The summed E-state index contributed by atoms with van der Waals surface area (Å²) in [6.07, 6.45) is -3.99. The third-order valence-electron chi connectivity index (χ3n) is 13.3. The van der Waals surface area contributed by atoms with E-state index in [0.29, 0.717) is 53.8 Å². The number of alkyl halides is 3. The zero-order valence-electron chi connectivity index (χ0n) is 41.5. The number of benzene rings is 3. The van der Waals surface area contributed by atoms with Crippen LogP contribution in [0.5, 0.6) is 11.5 Å². The van der Waals surface area contributed by atoms with Gasteiger partial charge in [0.1, 0.15) is 23.4 Å². The number of nitrogens with zero attached hydrogens (tertiary/aromatic N) is 4. The molecule has 5 rings (SSSR count). The minimum Gasteiger partial charge on any atom is -0.481 e. The summed E-state index contributed by atoms with van der Waals surface area (Å²) in [6, 6.07) is 18.7. The van der Waals surface area contributed by atoms with Gasteiger partial charge in [-0.05, 0) is 124 Å². The Labute approximate surface area is 420 Å². The molecule has 4 atom stereocenters. The first-order chi connectivity index (χ1) is 32.6. The van der Waals surface area contributed by atoms with Crippen molar-refractivity contribution in [2.24, 2.45) is 18.9 Å². The van der Waals surface area contributed by atoms with Crippen LogP contribution in [0.2, 0.25) is 28.2 Å². The molecule has 1 aliphatic heterocycles. The first-order valence-corrected chi connectivity index (χ1v) is 27.1. The van der Waals surface area contributed by atoms with Crippen LogP contribution in [0.3, 0.4) is 0 Å². The summed E-state index contributed by atoms with van der Waals surface area (Å²) < 4.78 is 55.9. The second-order valence-corrected chi connectivity index (χ2v) is 26.0. The summed E-state index contributed by atoms with van der Waals surface area (Å²) in [6.45, 7) is 12.4. The molecule has 13 nitrogen and oxygen atoms in total. The van der Waals surface area contributed by atoms with Gasteiger partial charge >= 0.3 is 12.1 Å². The molecule has 0 radical (unpaired) electrons. The van der Waals surface area contributed by atoms with Gasteiger partial charge in [0.2, 0.25) is 17.7 Å². The van der Waals surface area contributed by atoms with E-state index in [2.05, 4.69) is 25.1 Å². The second-order valence-electron chi connectivity index (χ2n) is 20.4. The fraction of sp³-hybridized carbons (Fsp3) is 0.510. The molecule has 19 heteroatoms. The first kappa shape index (κ1) is 56.0. The standard InChI is InChI=1S/C51H67Cl2F3N6O7Si/c1-33(11-14-36-15-20-39(53)26-43(36)69-40-21-16-35(17-22-40)42-29-57-44(61(42)7)30-60(5)6)46(65)58-41(31-68-70(8,9)49(2,3)4)47(66)59-50(27-34-12-18-38(52)19-13-34)23-10-24-62(32-50)48(67)37(25-45(63)64)28-51(54,55)56/h12-13,15-22,26,29,33,37,41H,10-11,14,23-25,27-28,30-32H2,1-9H3,(H,58,65)(H,59,66)(H,63,64)/t33-,37+,41?,50-/m1/s1. The Hall–Kier alpha value is -4.94. The number of carbonyl (C=O) groups is 4. The van der Waals surface area contributed by atoms with Crippen LogP contribution in [0.15, 0.2) is 72.9 Å². The number of carboxylic acid groups (broad SMARTS) is 1. The van der Waals surface area contributed by atoms with Gasteiger partial charge in [0.05, 0.1) is 49.3 Å². The maximum atomic E-state index is 14.7. The number of nitrogens with one attached hydrogen (secondary N) is 2. The third-order valence-corrected chi connectivity index (χ3v) is 18.3. The number of halogens is 5. The molecular weight excluding hydrogens is 965 g/mol. The summed E-state index contributed by atoms with van der Waals surface area (Å²) in [5.74, 6) is -3.91. The average Bonchev–Trinajstić information content (AvgIpc) is 3.62. The van der Waals surface area contributed by atoms with E-state index in [1.807, 2.05) is 91.5 Å². The van der Waals surface area contributed by atoms with E-state index in [9.17, 15) is 37.5 Å². The van der Waals surface area contributed by atoms with Crippen molar-refractivity contribution in [1.82, 2.24) is 30.0 Å². The lowest BCUT2D eigenvalue weighted by Crippen LogP contribution is -2.65. The fourth-order valence-corrected chi connectivity index (χ4v) is 9.56. The number of amides is 3. The second kappa shape index (κ2) is 23.5. The van der Waals surface area contributed by atoms with Gasteiger partial charge in [-0.3, -0.25) is 19.2 Å². The smallest absolute Gasteiger partial charge is 0.389 e. The van der Waals surface area contributed by atoms with Crippen molar-refractivity contribution >= 4 is 55.2 Å². The van der Waals surface area contributed by atoms with E-state index >= 15 is 0 Å². The van der Waals surface area contributed by atoms with Crippen LogP contribution in [0.4, 0.5) is 13.2 Å². The fourth-order valence-electron chi connectivity index (χ4n) is 8.25. The first-order valence-electron chi connectivity index (χ1n) is 23.4. The highest BCUT2D eigenvalue weighted by atomic mass is 35.5. The highest BCUT2D eigenvalue weighted by Crippen LogP contribution is 2.37. The van der Waals surface area contributed by atoms with Crippen LogP contribution < -0.4 is 15.4 Å². The molecule has 1 saturated heterocycles. The molecule has 1 fully saturated rings. The largest absolute Gasteiger partial charge is 0.481 e. The maximum Gasteiger partial charge on any atom is 0.389 e. The van der Waals surface area contributed by atoms with E-state index in [4.69, 9.17) is 32.4 Å². The van der Waals surface area contributed by atoms with Gasteiger partial charge in [0, 0.05) is 41.7 Å². The van der Waals surface area contributed by atoms with Crippen molar-refractivity contribution in [3.63, 3.8) is 0 Å². The lowest BCUT2D eigenvalue weighted by atomic mass is 9.82. The van der Waals surface area contributed by atoms with Crippen molar-refractivity contribution in [2.75, 3.05) is 33.8 Å². The SMILES string of the molecule is C[C@H](CCc1ccc(Cl)cc1Oc1ccc(-c2cnc(CN(C)C)n2C)cc1)C(=O)NC(CO[Si](C)(C)C(C)(C)C)C(=O)N[C@@]1(Cc2ccc(Cl)cc2)CCCN(C(=O)[C@@H](CC(=O)O)CC(F)(F)F)C1. The Kier molecular flexibility index (Phi) is 18.8. The van der Waals surface area contributed by atoms with Crippen LogP contribution in [0.25, 0.3) is 11.3 Å². The van der Waals surface area contributed by atoms with Crippen LogP contribution >= 0.6 is 23.2 Å². The number of likely N-dealkylation sites (tertiary alicyclic amines) is 1. The van der Waals surface area contributed by atoms with Crippen molar-refractivity contribution in [1.29, 1.82) is 0 Å². The molecule has 1 aliphatic rings. The monoisotopic (exact) mass is 1030 g/mol. The highest BCUT2D eigenvalue weighted by molar-refractivity contribution is 6.74. The minimum atomic E-state index is -4.79. The molecule has 0 spiro atoms. The van der Waals surface area contributed by atoms with Gasteiger partial charge in [-0.1, -0.05) is 69.1 Å². The average molecular weight is 1030 g/mol. The Balaban J connectivity index is 1.35. The third kappa shape index (κ3) is 15.8. The molecule has 3 aromatic carbocycles. The lowest BCUT2D eigenvalue weighted by molar-refractivity contribution is -0.164. The predicted molar refractivity (Wildman–Crippen MR) is 268 cm³/mol. The molecule has 2 heterocycles. The molecule has 382 valence electrons. The number of imidazole rings is 1. The molecule has 3 amide bonds. The number of carboxylic acids is 1. The lowest BCUT2D eigenvalue weighted by Gasteiger charge is -2.45. The van der Waals surface area contributed by atoms with Crippen molar-refractivity contribution < 1.29 is 46.6 Å². The van der Waals surface area contributed by atoms with Crippen molar-refractivity contribution in [3.05, 3.63) is 99.9 Å². The molecule has 4 aromatic rings. The molecular formula is C51H67Cl2F3N6O7Si. The number of hydrogen-bond acceptors (Lipinski definition) is 8. The Morgan fingerprint density at radius 2 is 1.63 bits per heavy atom. The predicted octanol–water partition coefficient (Wildman–Crippen LogP) is 10.1. The molecule has 1 unspecified atom stereocenters. The molecule has 0 saturated carbocycles. The van der Waals surface area contributed by atoms with Gasteiger partial charge < -0.3 is 39.3 Å². The topological polar surface area (TPSA) is 155 Å². The van der Waals surface area contributed by atoms with Crippen LogP contribution in [0.1, 0.15) is 76.8 Å². The van der Waals surface area contributed by atoms with E-state index in [1.165, 1.54) is 4.90 Å². The van der Waals surface area contributed by atoms with E-state index < -0.39 is 74.4 Å². The zero-order valence-corrected chi connectivity index (χ0v) is 44.0. The molecule has 0 aliphatic carbocycles. The number of carbonyl (C=O) groups excluding carboxylic acids is 3. The molecule has 0 bridgehead atoms. The summed E-state index contributed by atoms with van der Waals surface area (Å²) in [7, 11) is 3.47. The Bertz CT molecular complexity index is 2450. The number of ether oxygens (including phenoxy) is 1. The summed E-state index contributed by atoms with van der Waals surface area (Å²) in [5.41, 5.74) is 2.25. The zero-order chi connectivity index (χ0) is 51.8. The van der Waals surface area contributed by atoms with Crippen LogP contribution in [0, 0.1) is 11.8 Å². The number of aryl methyl sites for hydroxylation is 1. The molecule has 70 heavy (non-hydrogen) atoms. The van der Waals surface area contributed by atoms with E-state index in [1.54, 1.807) is 43.3 Å². The normalized spacial score (nSPS) is 16.9. The maximum absolute atomic E-state index is 14.7. The van der Waals surface area contributed by atoms with E-state index in [0.717, 1.165) is 28.2 Å². The van der Waals surface area contributed by atoms with Gasteiger partial charge in [0.25, 0.3) is 0 Å². The van der Waals surface area contributed by atoms with E-state index in [-0.39, 0.29) is 31.2 Å². The van der Waals surface area contributed by atoms with Crippen molar-refractivity contribution in [3.8, 4) is 22.8 Å². The quantitative estimate of drug-likeness (QED) is 0.0692. The Morgan fingerprint density at radius 1 is 0.971 bits per heavy atom. The van der Waals surface area contributed by atoms with Crippen molar-refractivity contribution in [2.45, 2.75) is 115 Å². The van der Waals surface area contributed by atoms with Gasteiger partial charge in [-0.15, -0.1) is 0 Å². The number of rotatable bonds is 21. The number of aliphatic carboxylic acids is 1. The summed E-state index contributed by atoms with van der Waals surface area (Å²) in [5, 5.41) is 16.2. The Morgan fingerprint density at radius 3 is 2.24 bits per heavy atom. The van der Waals surface area contributed by atoms with Crippen LogP contribution in [-0.2, 0) is 50.0 Å². The summed E-state index contributed by atoms with van der Waals surface area (Å²) >= 11 is 12.7. The van der Waals surface area contributed by atoms with Gasteiger partial charge in [-0.25, -0.2) is 4.98 Å². The summed E-state index contributed by atoms with van der Waals surface area (Å²) in [4.78, 5) is 62.2. The highest BCUT2D eigenvalue weighted by Gasteiger charge is 2.45. The number of hydrogen-bond donors (Lipinski definition) is 3. The van der Waals surface area contributed by atoms with Crippen LogP contribution in [-0.4, -0.2) is 108 Å².